The number of carbonyl (C=O) groups excluding carboxylic acids is 1. The lowest BCUT2D eigenvalue weighted by molar-refractivity contribution is 0.0994. The minimum atomic E-state index is -3.89. The molecule has 120 valence electrons. The first-order chi connectivity index (χ1) is 11.4. The Labute approximate surface area is 140 Å². The fourth-order valence-corrected chi connectivity index (χ4v) is 4.15. The van der Waals surface area contributed by atoms with Gasteiger partial charge in [0.05, 0.1) is 4.90 Å². The molecular formula is C19H15NO3S. The van der Waals surface area contributed by atoms with E-state index in [2.05, 4.69) is 0 Å². The number of nitrogens with two attached hydrogens (primary N) is 1. The maximum atomic E-state index is 12.1. The average molecular weight is 337 g/mol. The summed E-state index contributed by atoms with van der Waals surface area (Å²) in [7, 11) is -3.89. The Balaban J connectivity index is 2.09. The third-order valence-corrected chi connectivity index (χ3v) is 5.47. The Bertz CT molecular complexity index is 1100. The molecule has 0 fully saturated rings. The van der Waals surface area contributed by atoms with Crippen LogP contribution in [0.2, 0.25) is 0 Å². The van der Waals surface area contributed by atoms with Gasteiger partial charge in [0.15, 0.2) is 5.78 Å². The van der Waals surface area contributed by atoms with Crippen LogP contribution in [-0.2, 0) is 16.4 Å². The highest BCUT2D eigenvalue weighted by atomic mass is 32.2. The van der Waals surface area contributed by atoms with Gasteiger partial charge in [0.25, 0.3) is 0 Å². The summed E-state index contributed by atoms with van der Waals surface area (Å²) in [5.41, 5.74) is 2.95. The van der Waals surface area contributed by atoms with E-state index in [-0.39, 0.29) is 10.7 Å². The summed E-state index contributed by atoms with van der Waals surface area (Å²) in [6.07, 6.45) is 1.25. The second-order valence-electron chi connectivity index (χ2n) is 6.00. The van der Waals surface area contributed by atoms with E-state index in [4.69, 9.17) is 5.14 Å². The summed E-state index contributed by atoms with van der Waals surface area (Å²) in [6, 6.07) is 16.4. The maximum absolute atomic E-state index is 12.1. The highest BCUT2D eigenvalue weighted by Gasteiger charge is 2.23. The van der Waals surface area contributed by atoms with Gasteiger partial charge in [-0.2, -0.15) is 0 Å². The zero-order valence-corrected chi connectivity index (χ0v) is 13.6. The fourth-order valence-electron chi connectivity index (χ4n) is 3.38. The van der Waals surface area contributed by atoms with Crippen molar-refractivity contribution in [3.05, 3.63) is 65.7 Å². The minimum Gasteiger partial charge on any atom is -0.294 e. The van der Waals surface area contributed by atoms with Crippen LogP contribution in [0, 0.1) is 0 Å². The number of carbonyl (C=O) groups is 1. The second-order valence-corrected chi connectivity index (χ2v) is 7.53. The number of aryl methyl sites for hydroxylation is 1. The molecule has 1 aliphatic rings. The normalized spacial score (nSPS) is 14.1. The van der Waals surface area contributed by atoms with Crippen molar-refractivity contribution in [2.75, 3.05) is 0 Å². The molecule has 0 unspecified atom stereocenters. The van der Waals surface area contributed by atoms with E-state index in [0.717, 1.165) is 22.8 Å². The second kappa shape index (κ2) is 5.26. The lowest BCUT2D eigenvalue weighted by Gasteiger charge is -2.13. The molecule has 5 heteroatoms. The summed E-state index contributed by atoms with van der Waals surface area (Å²) >= 11 is 0. The lowest BCUT2D eigenvalue weighted by atomic mass is 9.95. The van der Waals surface area contributed by atoms with Crippen molar-refractivity contribution in [3.63, 3.8) is 0 Å². The van der Waals surface area contributed by atoms with E-state index in [9.17, 15) is 13.2 Å². The van der Waals surface area contributed by atoms with Crippen LogP contribution in [0.1, 0.15) is 22.3 Å². The summed E-state index contributed by atoms with van der Waals surface area (Å²) in [4.78, 5) is 12.1. The van der Waals surface area contributed by atoms with Crippen molar-refractivity contribution in [1.82, 2.24) is 0 Å². The van der Waals surface area contributed by atoms with Crippen LogP contribution in [0.3, 0.4) is 0 Å². The predicted octanol–water partition coefficient (Wildman–Crippen LogP) is 3.28. The van der Waals surface area contributed by atoms with E-state index in [1.54, 1.807) is 12.1 Å². The van der Waals surface area contributed by atoms with Gasteiger partial charge in [-0.1, -0.05) is 42.5 Å². The molecule has 3 aromatic carbocycles. The Hall–Kier alpha value is -2.50. The number of benzene rings is 3. The van der Waals surface area contributed by atoms with E-state index in [0.29, 0.717) is 23.1 Å². The maximum Gasteiger partial charge on any atom is 0.238 e. The van der Waals surface area contributed by atoms with Crippen LogP contribution in [0.4, 0.5) is 0 Å². The number of hydrogen-bond acceptors (Lipinski definition) is 3. The number of sulfonamides is 1. The molecule has 0 aliphatic heterocycles. The van der Waals surface area contributed by atoms with Crippen LogP contribution in [0.15, 0.2) is 59.5 Å². The fraction of sp³-hybridized carbons (Fsp3) is 0.105. The number of Topliss-reactive ketones (excluding diaryl/α,β-unsaturated/α-hetero) is 1. The molecule has 3 aromatic rings. The van der Waals surface area contributed by atoms with Gasteiger partial charge in [-0.3, -0.25) is 4.79 Å². The van der Waals surface area contributed by atoms with E-state index < -0.39 is 10.0 Å². The monoisotopic (exact) mass is 337 g/mol. The molecule has 1 aliphatic carbocycles. The molecule has 2 N–H and O–H groups in total. The Morgan fingerprint density at radius 3 is 2.50 bits per heavy atom. The summed E-state index contributed by atoms with van der Waals surface area (Å²) in [5, 5.41) is 7.15. The Morgan fingerprint density at radius 2 is 1.71 bits per heavy atom. The molecule has 0 heterocycles. The number of primary sulfonamides is 1. The van der Waals surface area contributed by atoms with Crippen molar-refractivity contribution >= 4 is 26.6 Å². The summed E-state index contributed by atoms with van der Waals surface area (Å²) in [5.74, 6) is 0.101. The number of rotatable bonds is 2. The Morgan fingerprint density at radius 1 is 0.917 bits per heavy atom. The molecule has 0 aromatic heterocycles. The average Bonchev–Trinajstić information content (AvgIpc) is 2.93. The van der Waals surface area contributed by atoms with Gasteiger partial charge in [0.1, 0.15) is 0 Å². The van der Waals surface area contributed by atoms with Gasteiger partial charge in [0, 0.05) is 17.5 Å². The molecule has 0 atom stereocenters. The standard InChI is InChI=1S/C19H15NO3S/c20-24(22,23)18-10-8-12-3-1-2-4-15(12)19(18)14-6-5-13-7-9-17(21)16(13)11-14/h1-6,8,10-11H,7,9H2,(H2,20,22,23). The van der Waals surface area contributed by atoms with Crippen molar-refractivity contribution in [3.8, 4) is 11.1 Å². The van der Waals surface area contributed by atoms with Crippen LogP contribution >= 0.6 is 0 Å². The van der Waals surface area contributed by atoms with Gasteiger partial charge in [-0.15, -0.1) is 0 Å². The smallest absolute Gasteiger partial charge is 0.238 e. The van der Waals surface area contributed by atoms with Gasteiger partial charge in [-0.25, -0.2) is 13.6 Å². The predicted molar refractivity (Wildman–Crippen MR) is 93.4 cm³/mol. The van der Waals surface area contributed by atoms with E-state index in [1.165, 1.54) is 6.07 Å². The van der Waals surface area contributed by atoms with E-state index >= 15 is 0 Å². The van der Waals surface area contributed by atoms with Crippen LogP contribution in [0.5, 0.6) is 0 Å². The van der Waals surface area contributed by atoms with Gasteiger partial charge < -0.3 is 0 Å². The topological polar surface area (TPSA) is 77.2 Å². The minimum absolute atomic E-state index is 0.0756. The molecule has 4 rings (SSSR count). The largest absolute Gasteiger partial charge is 0.294 e. The number of fused-ring (bicyclic) bond motifs is 2. The zero-order valence-electron chi connectivity index (χ0n) is 12.8. The summed E-state index contributed by atoms with van der Waals surface area (Å²) in [6.45, 7) is 0. The third-order valence-electron chi connectivity index (χ3n) is 4.52. The number of hydrogen-bond donors (Lipinski definition) is 1. The summed E-state index contributed by atoms with van der Waals surface area (Å²) < 4.78 is 24.2. The Kier molecular flexibility index (Phi) is 3.30. The van der Waals surface area contributed by atoms with Crippen LogP contribution < -0.4 is 5.14 Å². The number of ketones is 1. The van der Waals surface area contributed by atoms with Crippen molar-refractivity contribution in [1.29, 1.82) is 0 Å². The molecule has 0 saturated heterocycles. The van der Waals surface area contributed by atoms with Crippen LogP contribution in [0.25, 0.3) is 21.9 Å². The molecule has 0 radical (unpaired) electrons. The first kappa shape index (κ1) is 15.1. The van der Waals surface area contributed by atoms with Crippen molar-refractivity contribution in [2.24, 2.45) is 5.14 Å². The molecule has 0 saturated carbocycles. The molecule has 0 spiro atoms. The van der Waals surface area contributed by atoms with Gasteiger partial charge in [0.2, 0.25) is 10.0 Å². The van der Waals surface area contributed by atoms with Gasteiger partial charge >= 0.3 is 0 Å². The lowest BCUT2D eigenvalue weighted by Crippen LogP contribution is -2.13. The highest BCUT2D eigenvalue weighted by Crippen LogP contribution is 2.36. The quantitative estimate of drug-likeness (QED) is 0.779. The SMILES string of the molecule is NS(=O)(=O)c1ccc2ccccc2c1-c1ccc2c(c1)C(=O)CC2. The molecule has 0 amide bonds. The van der Waals surface area contributed by atoms with Crippen LogP contribution in [-0.4, -0.2) is 14.2 Å². The van der Waals surface area contributed by atoms with Gasteiger partial charge in [-0.05, 0) is 40.5 Å². The zero-order chi connectivity index (χ0) is 16.9. The molecule has 24 heavy (non-hydrogen) atoms. The highest BCUT2D eigenvalue weighted by molar-refractivity contribution is 7.89. The molecule has 4 nitrogen and oxygen atoms in total. The van der Waals surface area contributed by atoms with Crippen molar-refractivity contribution < 1.29 is 13.2 Å². The van der Waals surface area contributed by atoms with Crippen molar-refractivity contribution in [2.45, 2.75) is 17.7 Å². The molecular weight excluding hydrogens is 322 g/mol. The van der Waals surface area contributed by atoms with E-state index in [1.807, 2.05) is 36.4 Å². The third kappa shape index (κ3) is 2.33. The first-order valence-corrected chi connectivity index (χ1v) is 9.21. The molecule has 0 bridgehead atoms. The first-order valence-electron chi connectivity index (χ1n) is 7.66.